The molecule has 1 unspecified atom stereocenters. The second-order valence-electron chi connectivity index (χ2n) is 6.16. The first kappa shape index (κ1) is 17.2. The van der Waals surface area contributed by atoms with E-state index in [0.29, 0.717) is 18.7 Å². The molecule has 0 saturated carbocycles. The second-order valence-corrected chi connectivity index (χ2v) is 6.16. The summed E-state index contributed by atoms with van der Waals surface area (Å²) >= 11 is 0. The van der Waals surface area contributed by atoms with Gasteiger partial charge in [0.05, 0.1) is 6.20 Å². The molecule has 1 aliphatic heterocycles. The molecule has 7 nitrogen and oxygen atoms in total. The van der Waals surface area contributed by atoms with E-state index in [9.17, 15) is 14.7 Å². The molecule has 7 heteroatoms. The average molecular weight is 342 g/mol. The SMILES string of the molecule is Cc1c(-c2ccc(C(=O)N3CCNC(=O)C3CCO)cc2)cnn1C. The molecular formula is C18H22N4O3. The van der Waals surface area contributed by atoms with Crippen molar-refractivity contribution in [1.82, 2.24) is 20.0 Å². The standard InChI is InChI=1S/C18H22N4O3/c1-12-15(11-20-21(12)2)13-3-5-14(6-4-13)18(25)22-9-8-19-17(24)16(22)7-10-23/h3-6,11,16,23H,7-10H2,1-2H3,(H,19,24). The zero-order valence-electron chi connectivity index (χ0n) is 14.4. The highest BCUT2D eigenvalue weighted by Crippen LogP contribution is 2.23. The predicted octanol–water partition coefficient (Wildman–Crippen LogP) is 0.719. The lowest BCUT2D eigenvalue weighted by molar-refractivity contribution is -0.128. The van der Waals surface area contributed by atoms with Crippen LogP contribution in [-0.4, -0.2) is 57.3 Å². The lowest BCUT2D eigenvalue weighted by Crippen LogP contribution is -2.57. The van der Waals surface area contributed by atoms with Crippen LogP contribution in [0.1, 0.15) is 22.5 Å². The zero-order valence-corrected chi connectivity index (χ0v) is 14.4. The van der Waals surface area contributed by atoms with Gasteiger partial charge in [0, 0.05) is 43.6 Å². The molecular weight excluding hydrogens is 320 g/mol. The van der Waals surface area contributed by atoms with E-state index >= 15 is 0 Å². The van der Waals surface area contributed by atoms with Crippen molar-refractivity contribution in [3.05, 3.63) is 41.7 Å². The van der Waals surface area contributed by atoms with Crippen LogP contribution >= 0.6 is 0 Å². The number of benzene rings is 1. The van der Waals surface area contributed by atoms with E-state index in [2.05, 4.69) is 10.4 Å². The van der Waals surface area contributed by atoms with Gasteiger partial charge in [0.25, 0.3) is 5.91 Å². The second kappa shape index (κ2) is 7.06. The fourth-order valence-corrected chi connectivity index (χ4v) is 3.11. The van der Waals surface area contributed by atoms with Crippen molar-refractivity contribution in [3.8, 4) is 11.1 Å². The number of hydrogen-bond acceptors (Lipinski definition) is 4. The van der Waals surface area contributed by atoms with E-state index in [1.54, 1.807) is 27.9 Å². The van der Waals surface area contributed by atoms with Gasteiger partial charge in [-0.1, -0.05) is 12.1 Å². The molecule has 1 fully saturated rings. The molecule has 1 saturated heterocycles. The lowest BCUT2D eigenvalue weighted by Gasteiger charge is -2.34. The highest BCUT2D eigenvalue weighted by molar-refractivity contribution is 5.98. The third-order valence-electron chi connectivity index (χ3n) is 4.67. The van der Waals surface area contributed by atoms with Crippen LogP contribution in [0.3, 0.4) is 0 Å². The third-order valence-corrected chi connectivity index (χ3v) is 4.67. The third kappa shape index (κ3) is 3.28. The fourth-order valence-electron chi connectivity index (χ4n) is 3.11. The number of hydrogen-bond donors (Lipinski definition) is 2. The van der Waals surface area contributed by atoms with Crippen molar-refractivity contribution in [2.75, 3.05) is 19.7 Å². The molecule has 2 heterocycles. The fraction of sp³-hybridized carbons (Fsp3) is 0.389. The highest BCUT2D eigenvalue weighted by atomic mass is 16.3. The number of rotatable bonds is 4. The van der Waals surface area contributed by atoms with Crippen LogP contribution < -0.4 is 5.32 Å². The van der Waals surface area contributed by atoms with Gasteiger partial charge in [-0.25, -0.2) is 0 Å². The summed E-state index contributed by atoms with van der Waals surface area (Å²) < 4.78 is 1.81. The van der Waals surface area contributed by atoms with Crippen molar-refractivity contribution in [3.63, 3.8) is 0 Å². The zero-order chi connectivity index (χ0) is 18.0. The maximum absolute atomic E-state index is 12.8. The predicted molar refractivity (Wildman–Crippen MR) is 92.9 cm³/mol. The Hall–Kier alpha value is -2.67. The molecule has 2 N–H and O–H groups in total. The summed E-state index contributed by atoms with van der Waals surface area (Å²) in [5.41, 5.74) is 3.60. The number of carbonyl (C=O) groups excluding carboxylic acids is 2. The number of aromatic nitrogens is 2. The largest absolute Gasteiger partial charge is 0.396 e. The topological polar surface area (TPSA) is 87.5 Å². The molecule has 132 valence electrons. The Balaban J connectivity index is 1.82. The molecule has 25 heavy (non-hydrogen) atoms. The van der Waals surface area contributed by atoms with E-state index in [1.165, 1.54) is 0 Å². The molecule has 0 radical (unpaired) electrons. The van der Waals surface area contributed by atoms with Crippen LogP contribution in [0.4, 0.5) is 0 Å². The minimum atomic E-state index is -0.619. The Morgan fingerprint density at radius 2 is 2.08 bits per heavy atom. The number of piperazine rings is 1. The monoisotopic (exact) mass is 342 g/mol. The molecule has 3 rings (SSSR count). The first-order chi connectivity index (χ1) is 12.0. The van der Waals surface area contributed by atoms with Crippen molar-refractivity contribution in [2.45, 2.75) is 19.4 Å². The van der Waals surface area contributed by atoms with E-state index in [0.717, 1.165) is 16.8 Å². The average Bonchev–Trinajstić information content (AvgIpc) is 2.95. The van der Waals surface area contributed by atoms with Crippen molar-refractivity contribution in [1.29, 1.82) is 0 Å². The molecule has 0 bridgehead atoms. The van der Waals surface area contributed by atoms with Crippen LogP contribution in [0.2, 0.25) is 0 Å². The Morgan fingerprint density at radius 3 is 2.68 bits per heavy atom. The first-order valence-corrected chi connectivity index (χ1v) is 8.31. The maximum Gasteiger partial charge on any atom is 0.254 e. The summed E-state index contributed by atoms with van der Waals surface area (Å²) in [5, 5.41) is 16.1. The number of amides is 2. The van der Waals surface area contributed by atoms with Crippen molar-refractivity contribution in [2.24, 2.45) is 7.05 Å². The minimum absolute atomic E-state index is 0.138. The van der Waals surface area contributed by atoms with E-state index in [4.69, 9.17) is 0 Å². The smallest absolute Gasteiger partial charge is 0.254 e. The molecule has 0 aliphatic carbocycles. The van der Waals surface area contributed by atoms with Crippen LogP contribution in [0.15, 0.2) is 30.5 Å². The molecule has 1 aromatic carbocycles. The van der Waals surface area contributed by atoms with Gasteiger partial charge in [-0.3, -0.25) is 14.3 Å². The van der Waals surface area contributed by atoms with E-state index in [-0.39, 0.29) is 24.8 Å². The van der Waals surface area contributed by atoms with Gasteiger partial charge in [-0.2, -0.15) is 5.10 Å². The summed E-state index contributed by atoms with van der Waals surface area (Å²) in [6, 6.07) is 6.70. The lowest BCUT2D eigenvalue weighted by atomic mass is 10.0. The quantitative estimate of drug-likeness (QED) is 0.857. The summed E-state index contributed by atoms with van der Waals surface area (Å²) in [5.74, 6) is -0.404. The minimum Gasteiger partial charge on any atom is -0.396 e. The number of carbonyl (C=O) groups is 2. The summed E-state index contributed by atoms with van der Waals surface area (Å²) in [4.78, 5) is 26.3. The molecule has 1 atom stereocenters. The summed E-state index contributed by atoms with van der Waals surface area (Å²) in [6.07, 6.45) is 2.04. The molecule has 1 aromatic heterocycles. The van der Waals surface area contributed by atoms with Gasteiger partial charge < -0.3 is 15.3 Å². The number of nitrogens with one attached hydrogen (secondary N) is 1. The van der Waals surface area contributed by atoms with Crippen LogP contribution in [0, 0.1) is 6.92 Å². The number of aliphatic hydroxyl groups excluding tert-OH is 1. The summed E-state index contributed by atoms with van der Waals surface area (Å²) in [7, 11) is 1.89. The van der Waals surface area contributed by atoms with Crippen molar-refractivity contribution >= 4 is 11.8 Å². The normalized spacial score (nSPS) is 17.5. The molecule has 0 spiro atoms. The van der Waals surface area contributed by atoms with Gasteiger partial charge in [0.1, 0.15) is 6.04 Å². The Bertz CT molecular complexity index is 782. The van der Waals surface area contributed by atoms with Crippen LogP contribution in [0.5, 0.6) is 0 Å². The van der Waals surface area contributed by atoms with Gasteiger partial charge in [-0.15, -0.1) is 0 Å². The Morgan fingerprint density at radius 1 is 1.36 bits per heavy atom. The number of nitrogens with zero attached hydrogens (tertiary/aromatic N) is 3. The molecule has 2 aromatic rings. The van der Waals surface area contributed by atoms with Gasteiger partial charge in [0.15, 0.2) is 0 Å². The van der Waals surface area contributed by atoms with Crippen LogP contribution in [0.25, 0.3) is 11.1 Å². The van der Waals surface area contributed by atoms with Gasteiger partial charge in [0.2, 0.25) is 5.91 Å². The van der Waals surface area contributed by atoms with Gasteiger partial charge >= 0.3 is 0 Å². The van der Waals surface area contributed by atoms with E-state index < -0.39 is 6.04 Å². The molecule has 1 aliphatic rings. The number of aryl methyl sites for hydroxylation is 1. The van der Waals surface area contributed by atoms with Crippen molar-refractivity contribution < 1.29 is 14.7 Å². The van der Waals surface area contributed by atoms with Crippen LogP contribution in [-0.2, 0) is 11.8 Å². The van der Waals surface area contributed by atoms with Gasteiger partial charge in [-0.05, 0) is 31.0 Å². The first-order valence-electron chi connectivity index (χ1n) is 8.31. The summed E-state index contributed by atoms with van der Waals surface area (Å²) in [6.45, 7) is 2.73. The number of aliphatic hydroxyl groups is 1. The highest BCUT2D eigenvalue weighted by Gasteiger charge is 2.32. The van der Waals surface area contributed by atoms with E-state index in [1.807, 2.05) is 26.1 Å². The Labute approximate surface area is 146 Å². The maximum atomic E-state index is 12.8. The Kier molecular flexibility index (Phi) is 4.85. The molecule has 2 amide bonds.